The number of amides is 1. The van der Waals surface area contributed by atoms with Crippen LogP contribution >= 0.6 is 11.6 Å². The highest BCUT2D eigenvalue weighted by atomic mass is 35.5. The third-order valence-electron chi connectivity index (χ3n) is 3.70. The number of carbonyl (C=O) groups excluding carboxylic acids is 1. The third-order valence-corrected chi connectivity index (χ3v) is 4.03. The van der Waals surface area contributed by atoms with Gasteiger partial charge in [0.25, 0.3) is 5.91 Å². The van der Waals surface area contributed by atoms with Gasteiger partial charge in [0.05, 0.1) is 10.6 Å². The molecule has 0 aromatic heterocycles. The number of likely N-dealkylation sites (N-methyl/N-ethyl adjacent to an activating group) is 1. The molecule has 1 aromatic carbocycles. The molecule has 21 heavy (non-hydrogen) atoms. The third kappa shape index (κ3) is 4.33. The maximum absolute atomic E-state index is 12.4. The first-order valence-electron chi connectivity index (χ1n) is 7.12. The molecule has 0 radical (unpaired) electrons. The van der Waals surface area contributed by atoms with Crippen molar-refractivity contribution in [2.75, 3.05) is 53.4 Å². The second kappa shape index (κ2) is 7.11. The van der Waals surface area contributed by atoms with Gasteiger partial charge in [-0.1, -0.05) is 11.6 Å². The van der Waals surface area contributed by atoms with Crippen LogP contribution in [0.1, 0.15) is 10.4 Å². The van der Waals surface area contributed by atoms with Gasteiger partial charge >= 0.3 is 0 Å². The molecule has 5 nitrogen and oxygen atoms in total. The summed E-state index contributed by atoms with van der Waals surface area (Å²) >= 11 is 6.05. The Labute approximate surface area is 130 Å². The van der Waals surface area contributed by atoms with Gasteiger partial charge in [0.2, 0.25) is 0 Å². The number of nitrogens with zero attached hydrogens (tertiary/aromatic N) is 3. The average molecular weight is 312 g/mol. The van der Waals surface area contributed by atoms with Gasteiger partial charge in [0, 0.05) is 39.3 Å². The minimum absolute atomic E-state index is 0.0624. The maximum atomic E-state index is 12.4. The van der Waals surface area contributed by atoms with E-state index in [0.717, 1.165) is 26.2 Å². The molecule has 116 valence electrons. The van der Waals surface area contributed by atoms with Crippen molar-refractivity contribution in [1.82, 2.24) is 14.7 Å². The van der Waals surface area contributed by atoms with Gasteiger partial charge in [-0.05, 0) is 32.3 Å². The molecule has 0 unspecified atom stereocenters. The number of rotatable bonds is 4. The van der Waals surface area contributed by atoms with E-state index in [9.17, 15) is 9.90 Å². The molecule has 2 rings (SSSR count). The predicted molar refractivity (Wildman–Crippen MR) is 84.0 cm³/mol. The Kier molecular flexibility index (Phi) is 5.45. The predicted octanol–water partition coefficient (Wildman–Crippen LogP) is 1.36. The molecule has 0 bridgehead atoms. The van der Waals surface area contributed by atoms with Crippen molar-refractivity contribution in [2.24, 2.45) is 0 Å². The molecule has 1 fully saturated rings. The molecular formula is C15H22ClN3O2. The van der Waals surface area contributed by atoms with E-state index in [1.165, 1.54) is 12.1 Å². The minimum atomic E-state index is -0.108. The Morgan fingerprint density at radius 3 is 2.57 bits per heavy atom. The first-order chi connectivity index (χ1) is 9.97. The zero-order valence-corrected chi connectivity index (χ0v) is 13.3. The molecule has 1 N–H and O–H groups in total. The first kappa shape index (κ1) is 16.1. The lowest BCUT2D eigenvalue weighted by atomic mass is 10.1. The largest absolute Gasteiger partial charge is 0.508 e. The van der Waals surface area contributed by atoms with Crippen LogP contribution in [0.2, 0.25) is 5.02 Å². The second-order valence-electron chi connectivity index (χ2n) is 5.60. The van der Waals surface area contributed by atoms with Crippen molar-refractivity contribution in [3.8, 4) is 5.75 Å². The van der Waals surface area contributed by atoms with Crippen LogP contribution in [-0.4, -0.2) is 79.1 Å². The molecule has 1 aliphatic heterocycles. The first-order valence-corrected chi connectivity index (χ1v) is 7.50. The van der Waals surface area contributed by atoms with E-state index in [0.29, 0.717) is 23.7 Å². The number of piperazine rings is 1. The molecule has 0 atom stereocenters. The van der Waals surface area contributed by atoms with Crippen LogP contribution in [0, 0.1) is 0 Å². The Bertz CT molecular complexity index is 500. The van der Waals surface area contributed by atoms with Gasteiger partial charge < -0.3 is 14.9 Å². The fourth-order valence-electron chi connectivity index (χ4n) is 2.36. The fourth-order valence-corrected chi connectivity index (χ4v) is 2.56. The molecular weight excluding hydrogens is 290 g/mol. The standard InChI is InChI=1S/C15H22ClN3O2/c1-17(2)5-6-18-7-9-19(10-8-18)15(21)13-11-12(20)3-4-14(13)16/h3-4,11,20H,5-10H2,1-2H3. The Morgan fingerprint density at radius 1 is 1.29 bits per heavy atom. The summed E-state index contributed by atoms with van der Waals surface area (Å²) in [7, 11) is 4.12. The van der Waals surface area contributed by atoms with E-state index in [2.05, 4.69) is 23.9 Å². The molecule has 1 aliphatic rings. The molecule has 1 aromatic rings. The SMILES string of the molecule is CN(C)CCN1CCN(C(=O)c2cc(O)ccc2Cl)CC1. The monoisotopic (exact) mass is 311 g/mol. The van der Waals surface area contributed by atoms with Gasteiger partial charge in [-0.25, -0.2) is 0 Å². The zero-order valence-electron chi connectivity index (χ0n) is 12.5. The van der Waals surface area contributed by atoms with Crippen LogP contribution in [0.3, 0.4) is 0 Å². The summed E-state index contributed by atoms with van der Waals surface area (Å²) in [5.41, 5.74) is 0.374. The number of phenolic OH excluding ortho intramolecular Hbond substituents is 1. The van der Waals surface area contributed by atoms with Gasteiger partial charge in [0.1, 0.15) is 5.75 Å². The highest BCUT2D eigenvalue weighted by Gasteiger charge is 2.23. The molecule has 0 aliphatic carbocycles. The quantitative estimate of drug-likeness (QED) is 0.912. The Hall–Kier alpha value is -1.30. The molecule has 1 amide bonds. The summed E-state index contributed by atoms with van der Waals surface area (Å²) < 4.78 is 0. The normalized spacial score (nSPS) is 16.5. The number of hydrogen-bond acceptors (Lipinski definition) is 4. The number of aromatic hydroxyl groups is 1. The topological polar surface area (TPSA) is 47.0 Å². The number of halogens is 1. The lowest BCUT2D eigenvalue weighted by molar-refractivity contribution is 0.0629. The van der Waals surface area contributed by atoms with Crippen molar-refractivity contribution in [3.63, 3.8) is 0 Å². The molecule has 0 spiro atoms. The van der Waals surface area contributed by atoms with Gasteiger partial charge in [-0.2, -0.15) is 0 Å². The summed E-state index contributed by atoms with van der Waals surface area (Å²) in [6.07, 6.45) is 0. The second-order valence-corrected chi connectivity index (χ2v) is 6.01. The van der Waals surface area contributed by atoms with Gasteiger partial charge in [0.15, 0.2) is 0 Å². The minimum Gasteiger partial charge on any atom is -0.508 e. The summed E-state index contributed by atoms with van der Waals surface area (Å²) in [4.78, 5) is 18.8. The molecule has 1 saturated heterocycles. The summed E-state index contributed by atoms with van der Waals surface area (Å²) in [6.45, 7) is 5.16. The summed E-state index contributed by atoms with van der Waals surface area (Å²) in [5, 5.41) is 9.89. The lowest BCUT2D eigenvalue weighted by Crippen LogP contribution is -2.50. The zero-order chi connectivity index (χ0) is 15.4. The van der Waals surface area contributed by atoms with Crippen LogP contribution in [0.5, 0.6) is 5.75 Å². The van der Waals surface area contributed by atoms with Crippen molar-refractivity contribution in [1.29, 1.82) is 0 Å². The lowest BCUT2D eigenvalue weighted by Gasteiger charge is -2.35. The van der Waals surface area contributed by atoms with Crippen LogP contribution in [0.4, 0.5) is 0 Å². The van der Waals surface area contributed by atoms with Crippen molar-refractivity contribution in [2.45, 2.75) is 0 Å². The fraction of sp³-hybridized carbons (Fsp3) is 0.533. The van der Waals surface area contributed by atoms with E-state index in [-0.39, 0.29) is 11.7 Å². The highest BCUT2D eigenvalue weighted by Crippen LogP contribution is 2.23. The van der Waals surface area contributed by atoms with E-state index in [1.54, 1.807) is 11.0 Å². The van der Waals surface area contributed by atoms with Crippen LogP contribution in [0.15, 0.2) is 18.2 Å². The maximum Gasteiger partial charge on any atom is 0.255 e. The number of phenols is 1. The number of carbonyl (C=O) groups is 1. The van der Waals surface area contributed by atoms with Gasteiger partial charge in [-0.15, -0.1) is 0 Å². The van der Waals surface area contributed by atoms with Crippen molar-refractivity contribution < 1.29 is 9.90 Å². The van der Waals surface area contributed by atoms with Crippen LogP contribution < -0.4 is 0 Å². The summed E-state index contributed by atoms with van der Waals surface area (Å²) in [5.74, 6) is -0.0458. The van der Waals surface area contributed by atoms with Crippen molar-refractivity contribution in [3.05, 3.63) is 28.8 Å². The van der Waals surface area contributed by atoms with E-state index in [1.807, 2.05) is 0 Å². The average Bonchev–Trinajstić information content (AvgIpc) is 2.47. The molecule has 0 saturated carbocycles. The Balaban J connectivity index is 1.92. The van der Waals surface area contributed by atoms with Crippen molar-refractivity contribution >= 4 is 17.5 Å². The summed E-state index contributed by atoms with van der Waals surface area (Å²) in [6, 6.07) is 4.47. The smallest absolute Gasteiger partial charge is 0.255 e. The van der Waals surface area contributed by atoms with Crippen LogP contribution in [0.25, 0.3) is 0 Å². The van der Waals surface area contributed by atoms with Crippen LogP contribution in [-0.2, 0) is 0 Å². The van der Waals surface area contributed by atoms with E-state index < -0.39 is 0 Å². The number of hydrogen-bond donors (Lipinski definition) is 1. The molecule has 1 heterocycles. The Morgan fingerprint density at radius 2 is 1.95 bits per heavy atom. The molecule has 6 heteroatoms. The van der Waals surface area contributed by atoms with E-state index >= 15 is 0 Å². The highest BCUT2D eigenvalue weighted by molar-refractivity contribution is 6.33. The number of benzene rings is 1. The van der Waals surface area contributed by atoms with E-state index in [4.69, 9.17) is 11.6 Å². The van der Waals surface area contributed by atoms with Gasteiger partial charge in [-0.3, -0.25) is 9.69 Å².